The number of H-pyrrole nitrogens is 1. The zero-order chi connectivity index (χ0) is 24.5. The van der Waals surface area contributed by atoms with Gasteiger partial charge in [0.15, 0.2) is 11.5 Å². The van der Waals surface area contributed by atoms with Crippen molar-refractivity contribution < 1.29 is 28.6 Å². The highest BCUT2D eigenvalue weighted by Gasteiger charge is 2.45. The van der Waals surface area contributed by atoms with Gasteiger partial charge in [0, 0.05) is 29.2 Å². The fourth-order valence-corrected chi connectivity index (χ4v) is 4.60. The second kappa shape index (κ2) is 9.06. The molecule has 0 radical (unpaired) electrons. The van der Waals surface area contributed by atoms with Crippen LogP contribution >= 0.6 is 0 Å². The van der Waals surface area contributed by atoms with E-state index in [1.54, 1.807) is 37.4 Å². The molecule has 8 nitrogen and oxygen atoms in total. The summed E-state index contributed by atoms with van der Waals surface area (Å²) in [6.07, 6.45) is 3.76. The van der Waals surface area contributed by atoms with E-state index in [2.05, 4.69) is 4.98 Å². The summed E-state index contributed by atoms with van der Waals surface area (Å²) in [5.41, 5.74) is 2.50. The van der Waals surface area contributed by atoms with Crippen LogP contribution in [0.25, 0.3) is 10.9 Å². The number of ketones is 1. The number of fused-ring (bicyclic) bond motifs is 1. The lowest BCUT2D eigenvalue weighted by molar-refractivity contribution is -0.129. The molecule has 8 heteroatoms. The van der Waals surface area contributed by atoms with Crippen molar-refractivity contribution >= 4 is 22.6 Å². The second-order valence-corrected chi connectivity index (χ2v) is 8.19. The molecule has 0 saturated heterocycles. The van der Waals surface area contributed by atoms with Crippen LogP contribution in [0.5, 0.6) is 11.5 Å². The molecule has 1 aliphatic rings. The molecule has 0 bridgehead atoms. The highest BCUT2D eigenvalue weighted by molar-refractivity contribution is 6.15. The number of aliphatic hydroxyl groups is 1. The number of aromatic nitrogens is 1. The number of hydrogen-bond donors (Lipinski definition) is 2. The van der Waals surface area contributed by atoms with Crippen LogP contribution in [0.3, 0.4) is 0 Å². The predicted molar refractivity (Wildman–Crippen MR) is 129 cm³/mol. The molecular weight excluding hydrogens is 448 g/mol. The number of methoxy groups -OCH3 is 2. The van der Waals surface area contributed by atoms with Crippen molar-refractivity contribution in [3.05, 3.63) is 95.3 Å². The largest absolute Gasteiger partial charge is 0.503 e. The van der Waals surface area contributed by atoms with Gasteiger partial charge in [-0.2, -0.15) is 0 Å². The fourth-order valence-electron chi connectivity index (χ4n) is 4.60. The predicted octanol–water partition coefficient (Wildman–Crippen LogP) is 4.60. The molecule has 2 aromatic carbocycles. The summed E-state index contributed by atoms with van der Waals surface area (Å²) in [5, 5.41) is 11.8. The van der Waals surface area contributed by atoms with E-state index in [0.717, 1.165) is 22.2 Å². The summed E-state index contributed by atoms with van der Waals surface area (Å²) in [7, 11) is 3.14. The van der Waals surface area contributed by atoms with Crippen molar-refractivity contribution in [3.8, 4) is 11.5 Å². The minimum atomic E-state index is -0.837. The number of amides is 1. The van der Waals surface area contributed by atoms with E-state index >= 15 is 0 Å². The third-order valence-corrected chi connectivity index (χ3v) is 6.32. The highest BCUT2D eigenvalue weighted by Crippen LogP contribution is 2.42. The number of Topliss-reactive ketones (excluding diaryl/α,β-unsaturated/α-hetero) is 1. The Labute approximate surface area is 201 Å². The van der Waals surface area contributed by atoms with E-state index < -0.39 is 23.5 Å². The summed E-state index contributed by atoms with van der Waals surface area (Å²) in [5.74, 6) is -0.461. The van der Waals surface area contributed by atoms with Gasteiger partial charge in [-0.15, -0.1) is 0 Å². The number of carbonyl (C=O) groups is 2. The molecule has 2 aromatic heterocycles. The molecule has 35 heavy (non-hydrogen) atoms. The van der Waals surface area contributed by atoms with Crippen LogP contribution in [-0.2, 0) is 11.2 Å². The topological polar surface area (TPSA) is 105 Å². The first-order valence-corrected chi connectivity index (χ1v) is 11.1. The Morgan fingerprint density at radius 1 is 1.11 bits per heavy atom. The van der Waals surface area contributed by atoms with Crippen LogP contribution in [0.4, 0.5) is 0 Å². The molecule has 4 aromatic rings. The quantitative estimate of drug-likeness (QED) is 0.363. The SMILES string of the molecule is COc1ccc2[nH]cc(CCN3C(=O)C(O)=C(C(=O)c4ccco4)[C@H]3c3ccccc3OC)c2c1. The maximum Gasteiger partial charge on any atom is 0.290 e. The first-order valence-electron chi connectivity index (χ1n) is 11.1. The normalized spacial score (nSPS) is 15.8. The first kappa shape index (κ1) is 22.3. The molecule has 2 N–H and O–H groups in total. The highest BCUT2D eigenvalue weighted by atomic mass is 16.5. The molecule has 178 valence electrons. The van der Waals surface area contributed by atoms with Gasteiger partial charge < -0.3 is 28.9 Å². The summed E-state index contributed by atoms with van der Waals surface area (Å²) in [6, 6.07) is 15.2. The van der Waals surface area contributed by atoms with Crippen LogP contribution in [-0.4, -0.2) is 47.4 Å². The van der Waals surface area contributed by atoms with E-state index in [1.165, 1.54) is 24.3 Å². The second-order valence-electron chi connectivity index (χ2n) is 8.19. The monoisotopic (exact) mass is 472 g/mol. The van der Waals surface area contributed by atoms with Crippen LogP contribution in [0.2, 0.25) is 0 Å². The number of nitrogens with zero attached hydrogens (tertiary/aromatic N) is 1. The minimum Gasteiger partial charge on any atom is -0.503 e. The Kier molecular flexibility index (Phi) is 5.78. The van der Waals surface area contributed by atoms with Gasteiger partial charge in [-0.05, 0) is 48.4 Å². The number of furan rings is 1. The van der Waals surface area contributed by atoms with Crippen molar-refractivity contribution in [2.24, 2.45) is 0 Å². The lowest BCUT2D eigenvalue weighted by Gasteiger charge is -2.27. The molecule has 1 atom stereocenters. The van der Waals surface area contributed by atoms with Gasteiger partial charge in [-0.25, -0.2) is 0 Å². The van der Waals surface area contributed by atoms with Crippen molar-refractivity contribution in [1.29, 1.82) is 0 Å². The van der Waals surface area contributed by atoms with Gasteiger partial charge >= 0.3 is 0 Å². The molecular formula is C27H24N2O6. The van der Waals surface area contributed by atoms with Gasteiger partial charge in [0.25, 0.3) is 5.91 Å². The molecule has 1 aliphatic heterocycles. The zero-order valence-corrected chi connectivity index (χ0v) is 19.3. The molecule has 3 heterocycles. The zero-order valence-electron chi connectivity index (χ0n) is 19.3. The maximum atomic E-state index is 13.3. The maximum absolute atomic E-state index is 13.3. The van der Waals surface area contributed by atoms with Crippen molar-refractivity contribution in [1.82, 2.24) is 9.88 Å². The number of hydrogen-bond acceptors (Lipinski definition) is 6. The van der Waals surface area contributed by atoms with Gasteiger partial charge in [0.1, 0.15) is 11.5 Å². The number of aliphatic hydroxyl groups excluding tert-OH is 1. The van der Waals surface area contributed by atoms with Gasteiger partial charge in [0.2, 0.25) is 5.78 Å². The standard InChI is InChI=1S/C27H24N2O6/c1-33-17-9-10-20-19(14-17)16(15-28-20)11-12-29-24(18-6-3-4-7-21(18)34-2)23(26(31)27(29)32)25(30)22-8-5-13-35-22/h3-10,13-15,24,28,31H,11-12H2,1-2H3/t24-/m1/s1. The Hall–Kier alpha value is -4.46. The molecule has 5 rings (SSSR count). The average molecular weight is 472 g/mol. The smallest absolute Gasteiger partial charge is 0.290 e. The van der Waals surface area contributed by atoms with Crippen molar-refractivity contribution in [2.75, 3.05) is 20.8 Å². The number of rotatable bonds is 8. The van der Waals surface area contributed by atoms with Crippen LogP contribution in [0.15, 0.2) is 82.8 Å². The molecule has 0 saturated carbocycles. The number of ether oxygens (including phenoxy) is 2. The lowest BCUT2D eigenvalue weighted by atomic mass is 9.94. The van der Waals surface area contributed by atoms with E-state index in [9.17, 15) is 14.7 Å². The van der Waals surface area contributed by atoms with Gasteiger partial charge in [0.05, 0.1) is 32.1 Å². The Morgan fingerprint density at radius 3 is 2.69 bits per heavy atom. The van der Waals surface area contributed by atoms with Gasteiger partial charge in [-0.1, -0.05) is 18.2 Å². The van der Waals surface area contributed by atoms with E-state index in [-0.39, 0.29) is 17.9 Å². The number of nitrogens with one attached hydrogen (secondary N) is 1. The van der Waals surface area contributed by atoms with Crippen LogP contribution in [0, 0.1) is 0 Å². The first-order chi connectivity index (χ1) is 17.0. The van der Waals surface area contributed by atoms with Crippen molar-refractivity contribution in [3.63, 3.8) is 0 Å². The lowest BCUT2D eigenvalue weighted by Crippen LogP contribution is -2.33. The molecule has 1 amide bonds. The molecule has 0 fully saturated rings. The third-order valence-electron chi connectivity index (χ3n) is 6.32. The fraction of sp³-hybridized carbons (Fsp3) is 0.185. The van der Waals surface area contributed by atoms with Crippen LogP contribution in [0.1, 0.15) is 27.7 Å². The number of para-hydroxylation sites is 1. The summed E-state index contributed by atoms with van der Waals surface area (Å²) < 4.78 is 16.2. The minimum absolute atomic E-state index is 0.0324. The molecule has 0 unspecified atom stereocenters. The van der Waals surface area contributed by atoms with E-state index in [4.69, 9.17) is 13.9 Å². The summed E-state index contributed by atoms with van der Waals surface area (Å²) in [6.45, 7) is 0.255. The molecule has 0 aliphatic carbocycles. The van der Waals surface area contributed by atoms with E-state index in [1.807, 2.05) is 24.4 Å². The summed E-state index contributed by atoms with van der Waals surface area (Å²) >= 11 is 0. The number of benzene rings is 2. The summed E-state index contributed by atoms with van der Waals surface area (Å²) in [4.78, 5) is 31.3. The Bertz CT molecular complexity index is 1430. The Morgan fingerprint density at radius 2 is 1.94 bits per heavy atom. The number of aromatic amines is 1. The van der Waals surface area contributed by atoms with Crippen molar-refractivity contribution in [2.45, 2.75) is 12.5 Å². The van der Waals surface area contributed by atoms with E-state index in [0.29, 0.717) is 17.7 Å². The van der Waals surface area contributed by atoms with Gasteiger partial charge in [-0.3, -0.25) is 9.59 Å². The molecule has 0 spiro atoms. The average Bonchev–Trinajstić information content (AvgIpc) is 3.62. The third kappa shape index (κ3) is 3.82. The number of carbonyl (C=O) groups excluding carboxylic acids is 2. The van der Waals surface area contributed by atoms with Crippen LogP contribution < -0.4 is 9.47 Å². The Balaban J connectivity index is 1.53.